The molecule has 3 heteroatoms. The second-order valence-corrected chi connectivity index (χ2v) is 3.19. The van der Waals surface area contributed by atoms with Gasteiger partial charge in [-0.1, -0.05) is 6.92 Å². The quantitative estimate of drug-likeness (QED) is 0.672. The van der Waals surface area contributed by atoms with Gasteiger partial charge in [-0.25, -0.2) is 0 Å². The number of carbonyl (C=O) groups excluding carboxylic acids is 1. The first-order chi connectivity index (χ1) is 4.70. The van der Waals surface area contributed by atoms with Crippen molar-refractivity contribution in [3.05, 3.63) is 0 Å². The van der Waals surface area contributed by atoms with Crippen molar-refractivity contribution in [3.63, 3.8) is 0 Å². The van der Waals surface area contributed by atoms with Crippen molar-refractivity contribution in [2.24, 2.45) is 0 Å². The summed E-state index contributed by atoms with van der Waals surface area (Å²) in [6.07, 6.45) is 2.62. The van der Waals surface area contributed by atoms with E-state index >= 15 is 0 Å². The van der Waals surface area contributed by atoms with Crippen molar-refractivity contribution in [1.29, 1.82) is 0 Å². The molecule has 0 fully saturated rings. The van der Waals surface area contributed by atoms with Gasteiger partial charge >= 0.3 is 0 Å². The van der Waals surface area contributed by atoms with Gasteiger partial charge in [0.05, 0.1) is 0 Å². The molecule has 0 rings (SSSR count). The van der Waals surface area contributed by atoms with Crippen LogP contribution in [-0.4, -0.2) is 24.0 Å². The fourth-order valence-corrected chi connectivity index (χ4v) is 1.25. The minimum atomic E-state index is 0.140. The summed E-state index contributed by atoms with van der Waals surface area (Å²) in [5.74, 6) is 1.13. The topological polar surface area (TPSA) is 29.1 Å². The molecule has 0 aliphatic carbocycles. The lowest BCUT2D eigenvalue weighted by Gasteiger charge is -2.10. The summed E-state index contributed by atoms with van der Waals surface area (Å²) in [6, 6.07) is 0.308. The van der Waals surface area contributed by atoms with Crippen LogP contribution in [0.4, 0.5) is 0 Å². The summed E-state index contributed by atoms with van der Waals surface area (Å²) >= 11 is 1.75. The smallest absolute Gasteiger partial charge is 0.219 e. The van der Waals surface area contributed by atoms with Crippen LogP contribution in [0.1, 0.15) is 20.3 Å². The Bertz CT molecular complexity index is 106. The minimum absolute atomic E-state index is 0.140. The average Bonchev–Trinajstić information content (AvgIpc) is 1.88. The molecular formula is C7H15NOS. The van der Waals surface area contributed by atoms with E-state index in [-0.39, 0.29) is 5.91 Å². The second-order valence-electron chi connectivity index (χ2n) is 2.28. The first kappa shape index (κ1) is 9.82. The Balaban J connectivity index is 3.37. The SMILES string of the molecule is CCC(=O)N[C@H](C)CSC. The van der Waals surface area contributed by atoms with Crippen LogP contribution in [0.5, 0.6) is 0 Å². The van der Waals surface area contributed by atoms with Crippen LogP contribution in [0.3, 0.4) is 0 Å². The molecule has 0 aromatic carbocycles. The van der Waals surface area contributed by atoms with Crippen LogP contribution in [0.25, 0.3) is 0 Å². The molecule has 1 N–H and O–H groups in total. The molecule has 10 heavy (non-hydrogen) atoms. The van der Waals surface area contributed by atoms with E-state index in [0.29, 0.717) is 12.5 Å². The van der Waals surface area contributed by atoms with Crippen molar-refractivity contribution in [3.8, 4) is 0 Å². The van der Waals surface area contributed by atoms with Gasteiger partial charge in [-0.3, -0.25) is 4.79 Å². The molecule has 0 saturated carbocycles. The number of amides is 1. The molecule has 0 aliphatic rings. The van der Waals surface area contributed by atoms with Gasteiger partial charge in [0, 0.05) is 18.2 Å². The van der Waals surface area contributed by atoms with E-state index in [0.717, 1.165) is 5.75 Å². The lowest BCUT2D eigenvalue weighted by Crippen LogP contribution is -2.33. The zero-order valence-corrected chi connectivity index (χ0v) is 7.62. The summed E-state index contributed by atoms with van der Waals surface area (Å²) < 4.78 is 0. The van der Waals surface area contributed by atoms with Crippen LogP contribution < -0.4 is 5.32 Å². The first-order valence-electron chi connectivity index (χ1n) is 3.49. The number of hydrogen-bond acceptors (Lipinski definition) is 2. The Morgan fingerprint density at radius 1 is 1.70 bits per heavy atom. The van der Waals surface area contributed by atoms with E-state index in [1.807, 2.05) is 20.1 Å². The highest BCUT2D eigenvalue weighted by Crippen LogP contribution is 1.95. The first-order valence-corrected chi connectivity index (χ1v) is 4.88. The van der Waals surface area contributed by atoms with Crippen LogP contribution in [0, 0.1) is 0 Å². The summed E-state index contributed by atoms with van der Waals surface area (Å²) in [5, 5.41) is 2.87. The van der Waals surface area contributed by atoms with Gasteiger partial charge < -0.3 is 5.32 Å². The van der Waals surface area contributed by atoms with E-state index in [9.17, 15) is 4.79 Å². The van der Waals surface area contributed by atoms with Crippen molar-refractivity contribution in [2.45, 2.75) is 26.3 Å². The van der Waals surface area contributed by atoms with Gasteiger partial charge in [0.2, 0.25) is 5.91 Å². The Hall–Kier alpha value is -0.180. The molecule has 1 amide bonds. The van der Waals surface area contributed by atoms with Crippen LogP contribution in [0.2, 0.25) is 0 Å². The predicted octanol–water partition coefficient (Wildman–Crippen LogP) is 1.26. The van der Waals surface area contributed by atoms with Crippen molar-refractivity contribution >= 4 is 17.7 Å². The maximum Gasteiger partial charge on any atom is 0.219 e. The Labute approximate surface area is 66.8 Å². The third kappa shape index (κ3) is 4.68. The van der Waals surface area contributed by atoms with E-state index in [2.05, 4.69) is 5.32 Å². The molecule has 0 heterocycles. The molecule has 0 aromatic heterocycles. The molecule has 0 saturated heterocycles. The third-order valence-corrected chi connectivity index (χ3v) is 1.98. The number of carbonyl (C=O) groups is 1. The van der Waals surface area contributed by atoms with E-state index in [4.69, 9.17) is 0 Å². The van der Waals surface area contributed by atoms with Gasteiger partial charge in [-0.2, -0.15) is 11.8 Å². The summed E-state index contributed by atoms with van der Waals surface area (Å²) in [6.45, 7) is 3.88. The van der Waals surface area contributed by atoms with Crippen molar-refractivity contribution in [1.82, 2.24) is 5.32 Å². The average molecular weight is 161 g/mol. The standard InChI is InChI=1S/C7H15NOS/c1-4-7(9)8-6(2)5-10-3/h6H,4-5H2,1-3H3,(H,8,9)/t6-/m1/s1. The molecule has 0 aliphatic heterocycles. The van der Waals surface area contributed by atoms with Gasteiger partial charge in [0.1, 0.15) is 0 Å². The molecule has 60 valence electrons. The maximum atomic E-state index is 10.8. The highest BCUT2D eigenvalue weighted by Gasteiger charge is 2.02. The zero-order chi connectivity index (χ0) is 7.98. The normalized spacial score (nSPS) is 12.7. The molecule has 1 atom stereocenters. The highest BCUT2D eigenvalue weighted by molar-refractivity contribution is 7.98. The largest absolute Gasteiger partial charge is 0.353 e. The van der Waals surface area contributed by atoms with Crippen molar-refractivity contribution < 1.29 is 4.79 Å². The Morgan fingerprint density at radius 2 is 2.30 bits per heavy atom. The number of nitrogens with one attached hydrogen (secondary N) is 1. The molecule has 0 unspecified atom stereocenters. The minimum Gasteiger partial charge on any atom is -0.353 e. The zero-order valence-electron chi connectivity index (χ0n) is 6.81. The predicted molar refractivity (Wildman–Crippen MR) is 46.3 cm³/mol. The van der Waals surface area contributed by atoms with Crippen LogP contribution in [0.15, 0.2) is 0 Å². The second kappa shape index (κ2) is 5.59. The summed E-state index contributed by atoms with van der Waals surface area (Å²) in [7, 11) is 0. The molecule has 0 radical (unpaired) electrons. The summed E-state index contributed by atoms with van der Waals surface area (Å²) in [5.41, 5.74) is 0. The molecular weight excluding hydrogens is 146 g/mol. The van der Waals surface area contributed by atoms with E-state index < -0.39 is 0 Å². The highest BCUT2D eigenvalue weighted by atomic mass is 32.2. The number of thioether (sulfide) groups is 1. The monoisotopic (exact) mass is 161 g/mol. The molecule has 0 aromatic rings. The number of rotatable bonds is 4. The van der Waals surface area contributed by atoms with Crippen LogP contribution in [-0.2, 0) is 4.79 Å². The lowest BCUT2D eigenvalue weighted by atomic mass is 10.3. The molecule has 2 nitrogen and oxygen atoms in total. The fourth-order valence-electron chi connectivity index (χ4n) is 0.669. The van der Waals surface area contributed by atoms with E-state index in [1.54, 1.807) is 11.8 Å². The summed E-state index contributed by atoms with van der Waals surface area (Å²) in [4.78, 5) is 10.8. The Morgan fingerprint density at radius 3 is 2.70 bits per heavy atom. The number of hydrogen-bond donors (Lipinski definition) is 1. The third-order valence-electron chi connectivity index (χ3n) is 1.15. The van der Waals surface area contributed by atoms with E-state index in [1.165, 1.54) is 0 Å². The lowest BCUT2D eigenvalue weighted by molar-refractivity contribution is -0.121. The van der Waals surface area contributed by atoms with Gasteiger partial charge in [0.25, 0.3) is 0 Å². The fraction of sp³-hybridized carbons (Fsp3) is 0.857. The van der Waals surface area contributed by atoms with Gasteiger partial charge in [-0.05, 0) is 13.2 Å². The maximum absolute atomic E-state index is 10.8. The Kier molecular flexibility index (Phi) is 5.49. The molecule has 0 spiro atoms. The van der Waals surface area contributed by atoms with Crippen LogP contribution >= 0.6 is 11.8 Å². The molecule has 0 bridgehead atoms. The van der Waals surface area contributed by atoms with Gasteiger partial charge in [-0.15, -0.1) is 0 Å². The van der Waals surface area contributed by atoms with Crippen molar-refractivity contribution in [2.75, 3.05) is 12.0 Å². The van der Waals surface area contributed by atoms with Gasteiger partial charge in [0.15, 0.2) is 0 Å².